The average Bonchev–Trinajstić information content (AvgIpc) is 3.48. The minimum absolute atomic E-state index is 0.126. The molecule has 6 rings (SSSR count). The molecule has 3 heterocycles. The van der Waals surface area contributed by atoms with E-state index >= 15 is 0 Å². The molecular weight excluding hydrogens is 713 g/mol. The highest BCUT2D eigenvalue weighted by molar-refractivity contribution is 7.99. The molecule has 3 aliphatic rings. The maximum atomic E-state index is 14.3. The van der Waals surface area contributed by atoms with Gasteiger partial charge in [-0.25, -0.2) is 4.79 Å². The summed E-state index contributed by atoms with van der Waals surface area (Å²) in [6, 6.07) is 27.2. The summed E-state index contributed by atoms with van der Waals surface area (Å²) in [6.07, 6.45) is 8.58. The molecule has 0 aromatic heterocycles. The number of carbonyl (C=O) groups excluding carboxylic acids is 5. The van der Waals surface area contributed by atoms with Crippen molar-refractivity contribution >= 4 is 41.4 Å². The molecule has 0 bridgehead atoms. The van der Waals surface area contributed by atoms with Crippen molar-refractivity contribution in [1.29, 1.82) is 0 Å². The molecule has 10 nitrogen and oxygen atoms in total. The first-order valence-electron chi connectivity index (χ1n) is 19.5. The molecule has 0 aliphatic carbocycles. The van der Waals surface area contributed by atoms with Crippen molar-refractivity contribution in [2.75, 3.05) is 19.4 Å². The molecule has 290 valence electrons. The van der Waals surface area contributed by atoms with Gasteiger partial charge in [-0.15, -0.1) is 11.8 Å². The second-order valence-corrected chi connectivity index (χ2v) is 16.0. The molecule has 0 radical (unpaired) electrons. The molecule has 0 saturated carbocycles. The van der Waals surface area contributed by atoms with Gasteiger partial charge in [0.25, 0.3) is 0 Å². The number of hydrogen-bond acceptors (Lipinski definition) is 7. The second kappa shape index (κ2) is 19.6. The summed E-state index contributed by atoms with van der Waals surface area (Å²) in [5.41, 5.74) is 2.98. The highest BCUT2D eigenvalue weighted by atomic mass is 32.2. The fourth-order valence-corrected chi connectivity index (χ4v) is 9.28. The maximum absolute atomic E-state index is 14.3. The number of esters is 1. The van der Waals surface area contributed by atoms with Crippen LogP contribution in [-0.4, -0.2) is 82.3 Å². The van der Waals surface area contributed by atoms with Crippen LogP contribution in [0.4, 0.5) is 0 Å². The van der Waals surface area contributed by atoms with E-state index in [9.17, 15) is 24.0 Å². The normalized spacial score (nSPS) is 22.4. The van der Waals surface area contributed by atoms with Crippen LogP contribution in [0.25, 0.3) is 0 Å². The molecular formula is C44H52N4O6S. The third kappa shape index (κ3) is 10.7. The van der Waals surface area contributed by atoms with Crippen LogP contribution in [0.5, 0.6) is 0 Å². The fraction of sp³-hybridized carbons (Fsp3) is 0.432. The van der Waals surface area contributed by atoms with E-state index in [0.717, 1.165) is 29.5 Å². The SMILES string of the molecule is COC(=O)[C@@H]1CCC[C@@H]2SCC[C@H](NC(=O)[C@H](CC[C@H](Cc3ccccc3)C(=O)N[C@H]3CC=CCN(Cc4ccccc4)C3=O)Cc3ccccc3)C(=O)N21. The largest absolute Gasteiger partial charge is 0.467 e. The summed E-state index contributed by atoms with van der Waals surface area (Å²) in [7, 11) is 1.34. The Morgan fingerprint density at radius 1 is 0.727 bits per heavy atom. The van der Waals surface area contributed by atoms with E-state index in [2.05, 4.69) is 10.6 Å². The van der Waals surface area contributed by atoms with Crippen molar-refractivity contribution in [3.05, 3.63) is 120 Å². The Bertz CT molecular complexity index is 1790. The second-order valence-electron chi connectivity index (χ2n) is 14.7. The summed E-state index contributed by atoms with van der Waals surface area (Å²) in [5.74, 6) is -1.65. The van der Waals surface area contributed by atoms with Gasteiger partial charge in [0.2, 0.25) is 23.6 Å². The lowest BCUT2D eigenvalue weighted by molar-refractivity contribution is -0.156. The van der Waals surface area contributed by atoms with Crippen molar-refractivity contribution < 1.29 is 28.7 Å². The highest BCUT2D eigenvalue weighted by Gasteiger charge is 2.44. The van der Waals surface area contributed by atoms with Crippen molar-refractivity contribution in [3.8, 4) is 0 Å². The van der Waals surface area contributed by atoms with Crippen LogP contribution < -0.4 is 10.6 Å². The zero-order valence-electron chi connectivity index (χ0n) is 31.5. The lowest BCUT2D eigenvalue weighted by Gasteiger charge is -2.40. The van der Waals surface area contributed by atoms with Gasteiger partial charge in [0.05, 0.1) is 12.5 Å². The van der Waals surface area contributed by atoms with Crippen LogP contribution >= 0.6 is 11.8 Å². The number of methoxy groups -OCH3 is 1. The van der Waals surface area contributed by atoms with E-state index in [1.807, 2.05) is 103 Å². The van der Waals surface area contributed by atoms with Crippen molar-refractivity contribution in [1.82, 2.24) is 20.4 Å². The third-order valence-electron chi connectivity index (χ3n) is 10.9. The number of rotatable bonds is 14. The molecule has 2 N–H and O–H groups in total. The van der Waals surface area contributed by atoms with E-state index in [1.54, 1.807) is 21.6 Å². The average molecular weight is 765 g/mol. The number of hydrogen-bond donors (Lipinski definition) is 2. The smallest absolute Gasteiger partial charge is 0.328 e. The summed E-state index contributed by atoms with van der Waals surface area (Å²) in [5, 5.41) is 6.06. The predicted molar refractivity (Wildman–Crippen MR) is 213 cm³/mol. The monoisotopic (exact) mass is 764 g/mol. The lowest BCUT2D eigenvalue weighted by Crippen LogP contribution is -2.57. The van der Waals surface area contributed by atoms with Gasteiger partial charge < -0.3 is 25.2 Å². The highest BCUT2D eigenvalue weighted by Crippen LogP contribution is 2.35. The van der Waals surface area contributed by atoms with Gasteiger partial charge >= 0.3 is 5.97 Å². The van der Waals surface area contributed by atoms with Crippen LogP contribution in [0.15, 0.2) is 103 Å². The first-order valence-corrected chi connectivity index (χ1v) is 20.5. The number of nitrogens with one attached hydrogen (secondary N) is 2. The van der Waals surface area contributed by atoms with E-state index in [4.69, 9.17) is 4.74 Å². The van der Waals surface area contributed by atoms with E-state index < -0.39 is 35.9 Å². The number of nitrogens with zero attached hydrogens (tertiary/aromatic N) is 2. The van der Waals surface area contributed by atoms with Crippen LogP contribution in [0, 0.1) is 11.8 Å². The van der Waals surface area contributed by atoms with Gasteiger partial charge in [-0.1, -0.05) is 103 Å². The number of amides is 4. The van der Waals surface area contributed by atoms with Crippen LogP contribution in [-0.2, 0) is 48.1 Å². The molecule has 2 saturated heterocycles. The minimum Gasteiger partial charge on any atom is -0.467 e. The number of thioether (sulfide) groups is 1. The number of ether oxygens (including phenoxy) is 1. The van der Waals surface area contributed by atoms with E-state index in [-0.39, 0.29) is 29.0 Å². The third-order valence-corrected chi connectivity index (χ3v) is 12.2. The number of fused-ring (bicyclic) bond motifs is 1. The quantitative estimate of drug-likeness (QED) is 0.165. The predicted octanol–water partition coefficient (Wildman–Crippen LogP) is 5.46. The Morgan fingerprint density at radius 3 is 1.87 bits per heavy atom. The molecule has 2 fully saturated rings. The van der Waals surface area contributed by atoms with Gasteiger partial charge in [0, 0.05) is 24.9 Å². The summed E-state index contributed by atoms with van der Waals surface area (Å²) < 4.78 is 5.07. The summed E-state index contributed by atoms with van der Waals surface area (Å²) >= 11 is 1.65. The number of carbonyl (C=O) groups is 5. The molecule has 3 aromatic carbocycles. The van der Waals surface area contributed by atoms with Gasteiger partial charge in [-0.05, 0) is 80.2 Å². The summed E-state index contributed by atoms with van der Waals surface area (Å²) in [6.45, 7) is 0.915. The molecule has 3 aliphatic heterocycles. The van der Waals surface area contributed by atoms with Crippen LogP contribution in [0.2, 0.25) is 0 Å². The molecule has 0 spiro atoms. The van der Waals surface area contributed by atoms with Crippen molar-refractivity contribution in [3.63, 3.8) is 0 Å². The first-order chi connectivity index (χ1) is 26.8. The van der Waals surface area contributed by atoms with Crippen LogP contribution in [0.1, 0.15) is 61.6 Å². The molecule has 4 amide bonds. The molecule has 0 unspecified atom stereocenters. The van der Waals surface area contributed by atoms with Crippen LogP contribution in [0.3, 0.4) is 0 Å². The zero-order chi connectivity index (χ0) is 38.6. The number of piperidine rings is 1. The summed E-state index contributed by atoms with van der Waals surface area (Å²) in [4.78, 5) is 72.5. The Hall–Kier alpha value is -4.90. The standard InChI is InChI=1S/C44H52N4O6S/c1-54-44(53)38-21-13-22-39-48(38)43(52)37(25-27-55-39)46-41(50)35(29-32-16-7-3-8-17-32)24-23-34(28-31-14-5-2-6-15-31)40(49)45-36-20-11-12-26-47(42(36)51)30-33-18-9-4-10-19-33/h2-12,14-19,34-39H,13,20-30H2,1H3,(H,45,49)(H,46,50)/t34-,35-,36+,37+,38+,39+/m1/s1. The van der Waals surface area contributed by atoms with E-state index in [0.29, 0.717) is 63.8 Å². The Kier molecular flexibility index (Phi) is 14.2. The van der Waals surface area contributed by atoms with Gasteiger partial charge in [0.15, 0.2) is 0 Å². The molecule has 55 heavy (non-hydrogen) atoms. The number of benzene rings is 3. The fourth-order valence-electron chi connectivity index (χ4n) is 7.89. The zero-order valence-corrected chi connectivity index (χ0v) is 32.3. The first kappa shape index (κ1) is 39.8. The van der Waals surface area contributed by atoms with Gasteiger partial charge in [-0.2, -0.15) is 0 Å². The van der Waals surface area contributed by atoms with E-state index in [1.165, 1.54) is 7.11 Å². The molecule has 6 atom stereocenters. The Morgan fingerprint density at radius 2 is 1.29 bits per heavy atom. The van der Waals surface area contributed by atoms with Crippen molar-refractivity contribution in [2.24, 2.45) is 11.8 Å². The topological polar surface area (TPSA) is 125 Å². The van der Waals surface area contributed by atoms with Gasteiger partial charge in [-0.3, -0.25) is 19.2 Å². The molecule has 11 heteroatoms. The van der Waals surface area contributed by atoms with Crippen molar-refractivity contribution in [2.45, 2.75) is 87.8 Å². The van der Waals surface area contributed by atoms with Gasteiger partial charge in [0.1, 0.15) is 18.1 Å². The Labute approximate surface area is 328 Å². The molecule has 3 aromatic rings. The minimum atomic E-state index is -0.773. The lowest BCUT2D eigenvalue weighted by atomic mass is 9.86. The maximum Gasteiger partial charge on any atom is 0.328 e. The Balaban J connectivity index is 1.19.